The quantitative estimate of drug-likeness (QED) is 0.0972. The number of carbonyl (C=O) groups is 2. The molecule has 0 saturated heterocycles. The van der Waals surface area contributed by atoms with Crippen molar-refractivity contribution in [3.05, 3.63) is 32.9 Å². The number of amides is 2. The number of aliphatic hydroxyl groups excluding tert-OH is 3. The Labute approximate surface area is 277 Å². The van der Waals surface area contributed by atoms with Crippen LogP contribution in [0.2, 0.25) is 0 Å². The Kier molecular flexibility index (Phi) is 18.3. The largest absolute Gasteiger partial charge is 0.493 e. The van der Waals surface area contributed by atoms with Crippen molar-refractivity contribution in [3.63, 3.8) is 0 Å². The molecule has 0 radical (unpaired) electrons. The molecule has 1 aliphatic rings. The number of halogens is 1. The maximum Gasteiger partial charge on any atom is 0.247 e. The molecule has 0 aromatic heterocycles. The van der Waals surface area contributed by atoms with Gasteiger partial charge in [0.25, 0.3) is 0 Å². The van der Waals surface area contributed by atoms with Gasteiger partial charge < -0.3 is 35.0 Å². The molecule has 2 rings (SSSR count). The van der Waals surface area contributed by atoms with Gasteiger partial charge in [-0.2, -0.15) is 0 Å². The predicted molar refractivity (Wildman–Crippen MR) is 182 cm³/mol. The van der Waals surface area contributed by atoms with Gasteiger partial charge in [0.1, 0.15) is 12.2 Å². The van der Waals surface area contributed by atoms with Gasteiger partial charge in [-0.3, -0.25) is 9.59 Å². The number of unbranched alkanes of at least 4 members (excludes halogenated alkanes) is 8. The van der Waals surface area contributed by atoms with E-state index in [2.05, 4.69) is 48.7 Å². The van der Waals surface area contributed by atoms with Crippen LogP contribution in [-0.2, 0) is 16.2 Å². The second kappa shape index (κ2) is 21.0. The smallest absolute Gasteiger partial charge is 0.247 e. The number of aliphatic hydroxyl groups is 3. The van der Waals surface area contributed by atoms with Crippen LogP contribution in [0.1, 0.15) is 103 Å². The summed E-state index contributed by atoms with van der Waals surface area (Å²) < 4.78 is 12.6. The van der Waals surface area contributed by atoms with E-state index >= 15 is 0 Å². The topological polar surface area (TPSA) is 129 Å². The highest BCUT2D eigenvalue weighted by molar-refractivity contribution is 14.1. The average molecular weight is 731 g/mol. The van der Waals surface area contributed by atoms with Crippen molar-refractivity contribution < 1.29 is 34.4 Å². The third kappa shape index (κ3) is 12.5. The Morgan fingerprint density at radius 3 is 2.32 bits per heavy atom. The predicted octanol–water partition coefficient (Wildman–Crippen LogP) is 5.50. The first-order valence-electron chi connectivity index (χ1n) is 16.4. The molecular formula is C34H55IN2O7. The van der Waals surface area contributed by atoms with E-state index in [1.54, 1.807) is 23.1 Å². The van der Waals surface area contributed by atoms with E-state index < -0.39 is 18.2 Å². The van der Waals surface area contributed by atoms with Crippen LogP contribution in [-0.4, -0.2) is 77.1 Å². The maximum absolute atomic E-state index is 13.7. The summed E-state index contributed by atoms with van der Waals surface area (Å²) in [4.78, 5) is 28.6. The number of rotatable bonds is 21. The number of nitrogens with zero attached hydrogens (tertiary/aromatic N) is 1. The van der Waals surface area contributed by atoms with Gasteiger partial charge in [-0.05, 0) is 65.1 Å². The number of carbonyl (C=O) groups excluding carboxylic acids is 2. The maximum atomic E-state index is 13.7. The van der Waals surface area contributed by atoms with Crippen LogP contribution in [0.3, 0.4) is 0 Å². The first-order valence-corrected chi connectivity index (χ1v) is 17.5. The van der Waals surface area contributed by atoms with Gasteiger partial charge >= 0.3 is 0 Å². The molecule has 1 aromatic carbocycles. The second-order valence-electron chi connectivity index (χ2n) is 12.1. The van der Waals surface area contributed by atoms with Gasteiger partial charge in [0.2, 0.25) is 11.8 Å². The van der Waals surface area contributed by atoms with Crippen LogP contribution in [0.15, 0.2) is 23.8 Å². The number of nitrogens with one attached hydrogen (secondary N) is 1. The van der Waals surface area contributed by atoms with Crippen LogP contribution in [0.4, 0.5) is 0 Å². The number of benzene rings is 1. The molecule has 250 valence electrons. The van der Waals surface area contributed by atoms with Crippen molar-refractivity contribution >= 4 is 34.4 Å². The van der Waals surface area contributed by atoms with Crippen molar-refractivity contribution in [2.75, 3.05) is 26.8 Å². The summed E-state index contributed by atoms with van der Waals surface area (Å²) in [6, 6.07) is 2.78. The summed E-state index contributed by atoms with van der Waals surface area (Å²) >= 11 is 2.09. The summed E-state index contributed by atoms with van der Waals surface area (Å²) in [5, 5.41) is 33.3. The van der Waals surface area contributed by atoms with Gasteiger partial charge in [0.05, 0.1) is 29.9 Å². The lowest BCUT2D eigenvalue weighted by Gasteiger charge is -2.41. The van der Waals surface area contributed by atoms with E-state index in [-0.39, 0.29) is 38.0 Å². The number of hydrogen-bond donors (Lipinski definition) is 4. The lowest BCUT2D eigenvalue weighted by molar-refractivity contribution is -0.139. The average Bonchev–Trinajstić information content (AvgIpc) is 3.00. The van der Waals surface area contributed by atoms with Crippen LogP contribution < -0.4 is 14.8 Å². The van der Waals surface area contributed by atoms with Gasteiger partial charge in [-0.15, -0.1) is 0 Å². The van der Waals surface area contributed by atoms with Gasteiger partial charge in [0.15, 0.2) is 11.5 Å². The monoisotopic (exact) mass is 730 g/mol. The molecule has 0 fully saturated rings. The fourth-order valence-corrected chi connectivity index (χ4v) is 6.29. The third-order valence-electron chi connectivity index (χ3n) is 8.10. The molecule has 4 N–H and O–H groups in total. The van der Waals surface area contributed by atoms with Gasteiger partial charge in [-0.1, -0.05) is 72.1 Å². The van der Waals surface area contributed by atoms with Gasteiger partial charge in [0, 0.05) is 31.5 Å². The minimum atomic E-state index is -1.10. The summed E-state index contributed by atoms with van der Waals surface area (Å²) in [5.41, 5.74) is 1.05. The van der Waals surface area contributed by atoms with E-state index in [1.165, 1.54) is 45.6 Å². The van der Waals surface area contributed by atoms with Crippen LogP contribution >= 0.6 is 22.6 Å². The minimum absolute atomic E-state index is 0.0205. The van der Waals surface area contributed by atoms with E-state index in [1.807, 2.05) is 0 Å². The number of hydrogen-bond acceptors (Lipinski definition) is 7. The zero-order valence-electron chi connectivity index (χ0n) is 27.2. The Hall–Kier alpha value is -1.89. The Morgan fingerprint density at radius 1 is 1.07 bits per heavy atom. The fraction of sp³-hybridized carbons (Fsp3) is 0.706. The first kappa shape index (κ1) is 38.3. The molecule has 9 nitrogen and oxygen atoms in total. The Bertz CT molecular complexity index is 1050. The fourth-order valence-electron chi connectivity index (χ4n) is 5.50. The van der Waals surface area contributed by atoms with Crippen LogP contribution in [0.5, 0.6) is 11.5 Å². The van der Waals surface area contributed by atoms with E-state index in [0.29, 0.717) is 45.1 Å². The molecule has 1 aliphatic carbocycles. The molecule has 1 aromatic rings. The standard InChI is InChI=1S/C34H55IN2O7/c1-5-6-7-8-9-10-11-12-13-14-31(40)37(17-15-24(2)3)28-21-26(34(42)36-16-18-38)22-29(32(28)41)44-33-27(35)19-25(23-39)20-30(33)43-4/h19-20,22,24,28-29,32,38-39,41H,5-18,21,23H2,1-4H3,(H,36,42)/t28-,29+,32+/m1/s1. The summed E-state index contributed by atoms with van der Waals surface area (Å²) in [7, 11) is 1.50. The summed E-state index contributed by atoms with van der Waals surface area (Å²) in [6.45, 7) is 6.63. The highest BCUT2D eigenvalue weighted by atomic mass is 127. The van der Waals surface area contributed by atoms with Crippen LogP contribution in [0.25, 0.3) is 0 Å². The molecule has 0 saturated carbocycles. The molecule has 0 aliphatic heterocycles. The summed E-state index contributed by atoms with van der Waals surface area (Å²) in [5.74, 6) is 0.749. The van der Waals surface area contributed by atoms with Crippen molar-refractivity contribution in [1.29, 1.82) is 0 Å². The Balaban J connectivity index is 2.27. The van der Waals surface area contributed by atoms with Crippen molar-refractivity contribution in [1.82, 2.24) is 10.2 Å². The zero-order valence-corrected chi connectivity index (χ0v) is 29.3. The normalized spacial score (nSPS) is 18.2. The Morgan fingerprint density at radius 2 is 1.73 bits per heavy atom. The molecule has 10 heteroatoms. The highest BCUT2D eigenvalue weighted by Gasteiger charge is 2.40. The lowest BCUT2D eigenvalue weighted by atomic mass is 9.87. The lowest BCUT2D eigenvalue weighted by Crippen LogP contribution is -2.55. The molecule has 0 bridgehead atoms. The molecule has 0 unspecified atom stereocenters. The summed E-state index contributed by atoms with van der Waals surface area (Å²) in [6.07, 6.45) is 11.3. The molecule has 2 amide bonds. The molecular weight excluding hydrogens is 675 g/mol. The van der Waals surface area contributed by atoms with E-state index in [4.69, 9.17) is 9.47 Å². The van der Waals surface area contributed by atoms with Crippen molar-refractivity contribution in [2.45, 2.75) is 123 Å². The molecule has 3 atom stereocenters. The second-order valence-corrected chi connectivity index (χ2v) is 13.3. The minimum Gasteiger partial charge on any atom is -0.493 e. The zero-order chi connectivity index (χ0) is 32.5. The first-order chi connectivity index (χ1) is 21.2. The van der Waals surface area contributed by atoms with Gasteiger partial charge in [-0.25, -0.2) is 0 Å². The van der Waals surface area contributed by atoms with E-state index in [0.717, 1.165) is 25.7 Å². The van der Waals surface area contributed by atoms with Crippen molar-refractivity contribution in [2.24, 2.45) is 5.92 Å². The SMILES string of the molecule is CCCCCCCCCCCC(=O)N(CCC(C)C)[C@@H]1CC(C(=O)NCCO)=C[C@H](Oc2c(I)cc(CO)cc2OC)[C@H]1O. The van der Waals surface area contributed by atoms with E-state index in [9.17, 15) is 24.9 Å². The molecule has 44 heavy (non-hydrogen) atoms. The van der Waals surface area contributed by atoms with Crippen LogP contribution in [0, 0.1) is 9.49 Å². The highest BCUT2D eigenvalue weighted by Crippen LogP contribution is 2.37. The number of ether oxygens (including phenoxy) is 2. The number of methoxy groups -OCH3 is 1. The molecule has 0 heterocycles. The molecule has 0 spiro atoms. The van der Waals surface area contributed by atoms with Crippen molar-refractivity contribution in [3.8, 4) is 11.5 Å². The third-order valence-corrected chi connectivity index (χ3v) is 8.90.